The highest BCUT2D eigenvalue weighted by atomic mass is 16.2. The van der Waals surface area contributed by atoms with Crippen LogP contribution in [0.5, 0.6) is 0 Å². The Morgan fingerprint density at radius 1 is 1.35 bits per heavy atom. The molecule has 0 rings (SSSR count). The van der Waals surface area contributed by atoms with Gasteiger partial charge in [-0.1, -0.05) is 13.8 Å². The first kappa shape index (κ1) is 15.4. The average molecular weight is 239 g/mol. The summed E-state index contributed by atoms with van der Waals surface area (Å²) in [5.74, 6) is -0.870. The first-order chi connectivity index (χ1) is 7.84. The molecule has 2 amide bonds. The van der Waals surface area contributed by atoms with Crippen LogP contribution in [0.2, 0.25) is 0 Å². The topological polar surface area (TPSA) is 87.2 Å². The van der Waals surface area contributed by atoms with Gasteiger partial charge in [0.05, 0.1) is 12.6 Å². The van der Waals surface area contributed by atoms with Crippen LogP contribution in [0.25, 0.3) is 0 Å². The second kappa shape index (κ2) is 6.24. The van der Waals surface area contributed by atoms with E-state index < -0.39 is 11.3 Å². The number of nitrogens with zero attached hydrogens (tertiary/aromatic N) is 2. The lowest BCUT2D eigenvalue weighted by Gasteiger charge is -2.33. The lowest BCUT2D eigenvalue weighted by Crippen LogP contribution is -2.49. The second-order valence-electron chi connectivity index (χ2n) is 4.39. The normalized spacial score (nSPS) is 11.1. The maximum absolute atomic E-state index is 12.3. The van der Waals surface area contributed by atoms with Gasteiger partial charge in [-0.25, -0.2) is 0 Å². The van der Waals surface area contributed by atoms with Crippen LogP contribution in [0, 0.1) is 16.7 Å². The van der Waals surface area contributed by atoms with Gasteiger partial charge in [-0.15, -0.1) is 0 Å². The van der Waals surface area contributed by atoms with Crippen molar-refractivity contribution in [3.8, 4) is 6.07 Å². The number of amides is 2. The summed E-state index contributed by atoms with van der Waals surface area (Å²) in [7, 11) is 0. The molecule has 0 unspecified atom stereocenters. The van der Waals surface area contributed by atoms with Crippen LogP contribution in [0.4, 0.5) is 0 Å². The van der Waals surface area contributed by atoms with E-state index in [2.05, 4.69) is 6.07 Å². The molecule has 0 bridgehead atoms. The summed E-state index contributed by atoms with van der Waals surface area (Å²) >= 11 is 0. The van der Waals surface area contributed by atoms with Crippen molar-refractivity contribution in [1.29, 1.82) is 5.26 Å². The highest BCUT2D eigenvalue weighted by molar-refractivity contribution is 5.89. The molecule has 0 aromatic rings. The van der Waals surface area contributed by atoms with Gasteiger partial charge in [0.1, 0.15) is 5.41 Å². The van der Waals surface area contributed by atoms with Gasteiger partial charge >= 0.3 is 0 Å². The SMILES string of the molecule is CCC(C#N)(CC)C(=O)N(CC(N)=O)C(C)C. The molecule has 5 nitrogen and oxygen atoms in total. The number of nitrogens with two attached hydrogens (primary N) is 1. The Kier molecular flexibility index (Phi) is 5.66. The fourth-order valence-electron chi connectivity index (χ4n) is 1.69. The predicted octanol–water partition coefficient (Wildman–Crippen LogP) is 1.04. The molecule has 0 aromatic heterocycles. The Morgan fingerprint density at radius 2 is 1.82 bits per heavy atom. The zero-order valence-electron chi connectivity index (χ0n) is 11.0. The zero-order valence-corrected chi connectivity index (χ0v) is 11.0. The third kappa shape index (κ3) is 3.45. The van der Waals surface area contributed by atoms with E-state index in [1.165, 1.54) is 4.90 Å². The van der Waals surface area contributed by atoms with Crippen LogP contribution in [-0.2, 0) is 9.59 Å². The molecule has 0 aliphatic carbocycles. The van der Waals surface area contributed by atoms with Crippen molar-refractivity contribution in [3.63, 3.8) is 0 Å². The molecular weight excluding hydrogens is 218 g/mol. The third-order valence-corrected chi connectivity index (χ3v) is 3.04. The van der Waals surface area contributed by atoms with E-state index >= 15 is 0 Å². The summed E-state index contributed by atoms with van der Waals surface area (Å²) < 4.78 is 0. The number of nitriles is 1. The van der Waals surface area contributed by atoms with Gasteiger partial charge in [0.2, 0.25) is 11.8 Å². The molecular formula is C12H21N3O2. The van der Waals surface area contributed by atoms with Gasteiger partial charge < -0.3 is 10.6 Å². The standard InChI is InChI=1S/C12H21N3O2/c1-5-12(6-2,8-13)11(17)15(9(3)4)7-10(14)16/h9H,5-7H2,1-4H3,(H2,14,16). The van der Waals surface area contributed by atoms with Gasteiger partial charge in [0.25, 0.3) is 0 Å². The van der Waals surface area contributed by atoms with Crippen molar-refractivity contribution in [2.75, 3.05) is 6.54 Å². The van der Waals surface area contributed by atoms with Crippen LogP contribution in [-0.4, -0.2) is 29.3 Å². The summed E-state index contributed by atoms with van der Waals surface area (Å²) in [6, 6.07) is 1.93. The van der Waals surface area contributed by atoms with Crippen molar-refractivity contribution in [2.45, 2.75) is 46.6 Å². The lowest BCUT2D eigenvalue weighted by atomic mass is 9.82. The summed E-state index contributed by atoms with van der Waals surface area (Å²) in [5.41, 5.74) is 4.08. The molecule has 96 valence electrons. The Balaban J connectivity index is 5.20. The van der Waals surface area contributed by atoms with Gasteiger partial charge in [0, 0.05) is 6.04 Å². The highest BCUT2D eigenvalue weighted by Crippen LogP contribution is 2.28. The molecule has 0 saturated carbocycles. The molecule has 5 heteroatoms. The molecule has 0 atom stereocenters. The minimum atomic E-state index is -1.04. The van der Waals surface area contributed by atoms with E-state index in [4.69, 9.17) is 5.73 Å². The maximum Gasteiger partial charge on any atom is 0.243 e. The fourth-order valence-corrected chi connectivity index (χ4v) is 1.69. The number of hydrogen-bond donors (Lipinski definition) is 1. The van der Waals surface area contributed by atoms with E-state index in [1.54, 1.807) is 27.7 Å². The minimum absolute atomic E-state index is 0.139. The van der Waals surface area contributed by atoms with Crippen LogP contribution < -0.4 is 5.73 Å². The lowest BCUT2D eigenvalue weighted by molar-refractivity contribution is -0.144. The summed E-state index contributed by atoms with van der Waals surface area (Å²) in [6.07, 6.45) is 0.863. The summed E-state index contributed by atoms with van der Waals surface area (Å²) in [4.78, 5) is 24.7. The fraction of sp³-hybridized carbons (Fsp3) is 0.750. The monoisotopic (exact) mass is 239 g/mol. The molecule has 0 fully saturated rings. The first-order valence-corrected chi connectivity index (χ1v) is 5.85. The third-order valence-electron chi connectivity index (χ3n) is 3.04. The van der Waals surface area contributed by atoms with Gasteiger partial charge in [-0.2, -0.15) is 5.26 Å². The Labute approximate surface area is 103 Å². The predicted molar refractivity (Wildman–Crippen MR) is 64.7 cm³/mol. The number of carbonyl (C=O) groups excluding carboxylic acids is 2. The van der Waals surface area contributed by atoms with Gasteiger partial charge in [-0.3, -0.25) is 9.59 Å². The number of primary amides is 1. The van der Waals surface area contributed by atoms with Crippen molar-refractivity contribution >= 4 is 11.8 Å². The van der Waals surface area contributed by atoms with E-state index in [0.29, 0.717) is 12.8 Å². The first-order valence-electron chi connectivity index (χ1n) is 5.85. The van der Waals surface area contributed by atoms with Crippen LogP contribution in [0.3, 0.4) is 0 Å². The maximum atomic E-state index is 12.3. The molecule has 0 spiro atoms. The number of rotatable bonds is 6. The van der Waals surface area contributed by atoms with E-state index in [9.17, 15) is 14.9 Å². The van der Waals surface area contributed by atoms with Crippen molar-refractivity contribution < 1.29 is 9.59 Å². The molecule has 2 N–H and O–H groups in total. The average Bonchev–Trinajstić information content (AvgIpc) is 2.28. The summed E-state index contributed by atoms with van der Waals surface area (Å²) in [5, 5.41) is 9.20. The number of hydrogen-bond acceptors (Lipinski definition) is 3. The van der Waals surface area contributed by atoms with E-state index in [0.717, 1.165) is 0 Å². The van der Waals surface area contributed by atoms with Crippen molar-refractivity contribution in [2.24, 2.45) is 11.1 Å². The largest absolute Gasteiger partial charge is 0.368 e. The molecule has 17 heavy (non-hydrogen) atoms. The Hall–Kier alpha value is -1.57. The van der Waals surface area contributed by atoms with E-state index in [1.807, 2.05) is 0 Å². The minimum Gasteiger partial charge on any atom is -0.368 e. The van der Waals surface area contributed by atoms with Gasteiger partial charge in [0.15, 0.2) is 0 Å². The molecule has 0 aliphatic heterocycles. The molecule has 0 saturated heterocycles. The number of carbonyl (C=O) groups is 2. The molecule has 0 radical (unpaired) electrons. The van der Waals surface area contributed by atoms with Crippen molar-refractivity contribution in [3.05, 3.63) is 0 Å². The molecule has 0 aliphatic rings. The van der Waals surface area contributed by atoms with Crippen molar-refractivity contribution in [1.82, 2.24) is 4.90 Å². The quantitative estimate of drug-likeness (QED) is 0.751. The second-order valence-corrected chi connectivity index (χ2v) is 4.39. The Bertz CT molecular complexity index is 327. The smallest absolute Gasteiger partial charge is 0.243 e. The van der Waals surface area contributed by atoms with Crippen LogP contribution >= 0.6 is 0 Å². The van der Waals surface area contributed by atoms with Crippen LogP contribution in [0.1, 0.15) is 40.5 Å². The Morgan fingerprint density at radius 3 is 2.06 bits per heavy atom. The molecule has 0 aromatic carbocycles. The van der Waals surface area contributed by atoms with E-state index in [-0.39, 0.29) is 18.5 Å². The molecule has 0 heterocycles. The highest BCUT2D eigenvalue weighted by Gasteiger charge is 2.39. The zero-order chi connectivity index (χ0) is 13.6. The summed E-state index contributed by atoms with van der Waals surface area (Å²) in [6.45, 7) is 7.06. The van der Waals surface area contributed by atoms with Crippen LogP contribution in [0.15, 0.2) is 0 Å². The van der Waals surface area contributed by atoms with Gasteiger partial charge in [-0.05, 0) is 26.7 Å².